The first kappa shape index (κ1) is 13.6. The number of nitrogens with zero attached hydrogens (tertiary/aromatic N) is 1. The van der Waals surface area contributed by atoms with Crippen LogP contribution in [-0.4, -0.2) is 22.0 Å². The van der Waals surface area contributed by atoms with Crippen LogP contribution in [0.25, 0.3) is 0 Å². The standard InChI is InChI=1S/C14H16ClN3O/c1-10-13(9-16-18-10)14(19)17-12-6-2-4-11(8-12)5-3-7-15/h2,4,6,8-9H,3,5,7H2,1H3,(H,16,18)(H,17,19). The third kappa shape index (κ3) is 3.58. The number of benzene rings is 1. The first-order chi connectivity index (χ1) is 9.20. The summed E-state index contributed by atoms with van der Waals surface area (Å²) in [6, 6.07) is 7.81. The van der Waals surface area contributed by atoms with Gasteiger partial charge in [0.2, 0.25) is 0 Å². The van der Waals surface area contributed by atoms with E-state index >= 15 is 0 Å². The number of aromatic nitrogens is 2. The predicted octanol–water partition coefficient (Wildman–Crippen LogP) is 3.14. The van der Waals surface area contributed by atoms with Crippen molar-refractivity contribution in [3.63, 3.8) is 0 Å². The van der Waals surface area contributed by atoms with E-state index in [1.807, 2.05) is 31.2 Å². The van der Waals surface area contributed by atoms with Gasteiger partial charge in [0.25, 0.3) is 5.91 Å². The number of anilines is 1. The Labute approximate surface area is 117 Å². The molecule has 0 spiro atoms. The fourth-order valence-electron chi connectivity index (χ4n) is 1.85. The summed E-state index contributed by atoms with van der Waals surface area (Å²) in [5, 5.41) is 9.46. The van der Waals surface area contributed by atoms with Crippen LogP contribution in [0.2, 0.25) is 0 Å². The molecule has 100 valence electrons. The molecule has 1 aromatic heterocycles. The van der Waals surface area contributed by atoms with E-state index in [-0.39, 0.29) is 5.91 Å². The Kier molecular flexibility index (Phi) is 4.58. The molecule has 0 bridgehead atoms. The summed E-state index contributed by atoms with van der Waals surface area (Å²) in [5.74, 6) is 0.492. The number of hydrogen-bond donors (Lipinski definition) is 2. The zero-order chi connectivity index (χ0) is 13.7. The summed E-state index contributed by atoms with van der Waals surface area (Å²) >= 11 is 5.68. The maximum absolute atomic E-state index is 12.0. The second-order valence-electron chi connectivity index (χ2n) is 4.36. The number of carbonyl (C=O) groups is 1. The van der Waals surface area contributed by atoms with E-state index in [9.17, 15) is 4.79 Å². The van der Waals surface area contributed by atoms with Gasteiger partial charge in [0.1, 0.15) is 0 Å². The van der Waals surface area contributed by atoms with E-state index in [0.717, 1.165) is 24.2 Å². The molecule has 0 unspecified atom stereocenters. The van der Waals surface area contributed by atoms with Gasteiger partial charge in [-0.2, -0.15) is 5.10 Å². The smallest absolute Gasteiger partial charge is 0.259 e. The molecule has 2 aromatic rings. The van der Waals surface area contributed by atoms with Gasteiger partial charge >= 0.3 is 0 Å². The minimum absolute atomic E-state index is 0.152. The van der Waals surface area contributed by atoms with Crippen molar-refractivity contribution >= 4 is 23.2 Å². The Bertz CT molecular complexity index is 565. The fraction of sp³-hybridized carbons (Fsp3) is 0.286. The number of halogens is 1. The molecule has 5 heteroatoms. The third-order valence-corrected chi connectivity index (χ3v) is 3.13. The molecule has 1 heterocycles. The number of aryl methyl sites for hydroxylation is 2. The van der Waals surface area contributed by atoms with Gasteiger partial charge in [-0.25, -0.2) is 0 Å². The van der Waals surface area contributed by atoms with Crippen molar-refractivity contribution in [2.24, 2.45) is 0 Å². The van der Waals surface area contributed by atoms with Crippen LogP contribution in [0.4, 0.5) is 5.69 Å². The molecule has 19 heavy (non-hydrogen) atoms. The van der Waals surface area contributed by atoms with Crippen molar-refractivity contribution in [3.8, 4) is 0 Å². The van der Waals surface area contributed by atoms with Crippen molar-refractivity contribution in [1.29, 1.82) is 0 Å². The van der Waals surface area contributed by atoms with Gasteiger partial charge < -0.3 is 5.32 Å². The van der Waals surface area contributed by atoms with E-state index in [4.69, 9.17) is 11.6 Å². The lowest BCUT2D eigenvalue weighted by atomic mass is 10.1. The average molecular weight is 278 g/mol. The molecule has 0 fully saturated rings. The van der Waals surface area contributed by atoms with Crippen molar-refractivity contribution in [2.45, 2.75) is 19.8 Å². The first-order valence-corrected chi connectivity index (χ1v) is 6.70. The third-order valence-electron chi connectivity index (χ3n) is 2.86. The molecule has 1 aromatic carbocycles. The number of amides is 1. The molecule has 2 rings (SSSR count). The minimum atomic E-state index is -0.152. The highest BCUT2D eigenvalue weighted by Crippen LogP contribution is 2.14. The molecule has 0 saturated carbocycles. The maximum Gasteiger partial charge on any atom is 0.259 e. The largest absolute Gasteiger partial charge is 0.322 e. The molecule has 0 radical (unpaired) electrons. The molecule has 0 aliphatic carbocycles. The number of carbonyl (C=O) groups excluding carboxylic acids is 1. The van der Waals surface area contributed by atoms with E-state index in [2.05, 4.69) is 15.5 Å². The van der Waals surface area contributed by atoms with Crippen LogP contribution < -0.4 is 5.32 Å². The minimum Gasteiger partial charge on any atom is -0.322 e. The van der Waals surface area contributed by atoms with Gasteiger partial charge in [0.15, 0.2) is 0 Å². The lowest BCUT2D eigenvalue weighted by molar-refractivity contribution is 0.102. The Morgan fingerprint density at radius 3 is 3.00 bits per heavy atom. The van der Waals surface area contributed by atoms with Crippen molar-refractivity contribution in [2.75, 3.05) is 11.2 Å². The van der Waals surface area contributed by atoms with Crippen LogP contribution in [0.1, 0.15) is 28.0 Å². The zero-order valence-corrected chi connectivity index (χ0v) is 11.5. The molecule has 0 aliphatic heterocycles. The number of nitrogens with one attached hydrogen (secondary N) is 2. The van der Waals surface area contributed by atoms with E-state index < -0.39 is 0 Å². The SMILES string of the molecule is Cc1[nH]ncc1C(=O)Nc1cccc(CCCCl)c1. The molecule has 0 aliphatic rings. The van der Waals surface area contributed by atoms with Crippen molar-refractivity contribution in [1.82, 2.24) is 10.2 Å². The Balaban J connectivity index is 2.07. The summed E-state index contributed by atoms with van der Waals surface area (Å²) in [7, 11) is 0. The Morgan fingerprint density at radius 2 is 2.32 bits per heavy atom. The van der Waals surface area contributed by atoms with Crippen molar-refractivity contribution in [3.05, 3.63) is 47.3 Å². The fourth-order valence-corrected chi connectivity index (χ4v) is 1.99. The van der Waals surface area contributed by atoms with Gasteiger partial charge in [-0.15, -0.1) is 11.6 Å². The molecule has 0 atom stereocenters. The Morgan fingerprint density at radius 1 is 1.47 bits per heavy atom. The monoisotopic (exact) mass is 277 g/mol. The van der Waals surface area contributed by atoms with Gasteiger partial charge in [-0.1, -0.05) is 12.1 Å². The summed E-state index contributed by atoms with van der Waals surface area (Å²) < 4.78 is 0. The van der Waals surface area contributed by atoms with Gasteiger partial charge in [0.05, 0.1) is 11.8 Å². The molecular formula is C14H16ClN3O. The molecule has 0 saturated heterocycles. The van der Waals surface area contributed by atoms with Crippen LogP contribution in [-0.2, 0) is 6.42 Å². The Hall–Kier alpha value is -1.81. The predicted molar refractivity (Wildman–Crippen MR) is 76.8 cm³/mol. The van der Waals surface area contributed by atoms with E-state index in [1.165, 1.54) is 11.8 Å². The normalized spacial score (nSPS) is 10.4. The van der Waals surface area contributed by atoms with Crippen LogP contribution in [0.5, 0.6) is 0 Å². The number of rotatable bonds is 5. The van der Waals surface area contributed by atoms with Crippen LogP contribution >= 0.6 is 11.6 Å². The number of aromatic amines is 1. The summed E-state index contributed by atoms with van der Waals surface area (Å²) in [6.07, 6.45) is 3.37. The first-order valence-electron chi connectivity index (χ1n) is 6.17. The number of H-pyrrole nitrogens is 1. The number of alkyl halides is 1. The highest BCUT2D eigenvalue weighted by Gasteiger charge is 2.10. The lowest BCUT2D eigenvalue weighted by Gasteiger charge is -2.06. The quantitative estimate of drug-likeness (QED) is 0.825. The van der Waals surface area contributed by atoms with Gasteiger partial charge in [-0.3, -0.25) is 9.89 Å². The van der Waals surface area contributed by atoms with Crippen LogP contribution in [0.3, 0.4) is 0 Å². The molecule has 1 amide bonds. The van der Waals surface area contributed by atoms with Crippen LogP contribution in [0, 0.1) is 6.92 Å². The second-order valence-corrected chi connectivity index (χ2v) is 4.73. The maximum atomic E-state index is 12.0. The van der Waals surface area contributed by atoms with Crippen LogP contribution in [0.15, 0.2) is 30.5 Å². The summed E-state index contributed by atoms with van der Waals surface area (Å²) in [4.78, 5) is 12.0. The number of hydrogen-bond acceptors (Lipinski definition) is 2. The van der Waals surface area contributed by atoms with E-state index in [1.54, 1.807) is 0 Å². The topological polar surface area (TPSA) is 57.8 Å². The highest BCUT2D eigenvalue weighted by atomic mass is 35.5. The highest BCUT2D eigenvalue weighted by molar-refractivity contribution is 6.17. The second kappa shape index (κ2) is 6.38. The zero-order valence-electron chi connectivity index (χ0n) is 10.7. The molecule has 4 nitrogen and oxygen atoms in total. The van der Waals surface area contributed by atoms with E-state index in [0.29, 0.717) is 11.4 Å². The molecule has 2 N–H and O–H groups in total. The average Bonchev–Trinajstić information content (AvgIpc) is 2.83. The summed E-state index contributed by atoms with van der Waals surface area (Å²) in [6.45, 7) is 1.82. The van der Waals surface area contributed by atoms with Gasteiger partial charge in [-0.05, 0) is 37.5 Å². The summed E-state index contributed by atoms with van der Waals surface area (Å²) in [5.41, 5.74) is 3.28. The van der Waals surface area contributed by atoms with Crippen molar-refractivity contribution < 1.29 is 4.79 Å². The molecular weight excluding hydrogens is 262 g/mol. The lowest BCUT2D eigenvalue weighted by Crippen LogP contribution is -2.12. The van der Waals surface area contributed by atoms with Gasteiger partial charge in [0, 0.05) is 17.3 Å².